The summed E-state index contributed by atoms with van der Waals surface area (Å²) in [6.07, 6.45) is 0. The van der Waals surface area contributed by atoms with Crippen LogP contribution in [0, 0.1) is 10.1 Å². The molecule has 0 aromatic heterocycles. The number of hydrogen-bond donors (Lipinski definition) is 0. The zero-order valence-corrected chi connectivity index (χ0v) is 7.99. The van der Waals surface area contributed by atoms with Crippen LogP contribution in [0.1, 0.15) is 18.4 Å². The van der Waals surface area contributed by atoms with Crippen LogP contribution in [0.15, 0.2) is 24.3 Å². The van der Waals surface area contributed by atoms with Crippen LogP contribution in [0.4, 0.5) is 0 Å². The van der Waals surface area contributed by atoms with Crippen molar-refractivity contribution in [2.24, 2.45) is 0 Å². The molecule has 4 heteroatoms. The van der Waals surface area contributed by atoms with E-state index in [4.69, 9.17) is 11.6 Å². The van der Waals surface area contributed by atoms with Gasteiger partial charge in [-0.15, -0.1) is 0 Å². The fourth-order valence-electron chi connectivity index (χ4n) is 1.12. The summed E-state index contributed by atoms with van der Waals surface area (Å²) in [5, 5.41) is 10.9. The fourth-order valence-corrected chi connectivity index (χ4v) is 1.25. The van der Waals surface area contributed by atoms with Gasteiger partial charge in [0.2, 0.25) is 6.54 Å². The highest BCUT2D eigenvalue weighted by Gasteiger charge is 2.11. The van der Waals surface area contributed by atoms with Gasteiger partial charge >= 0.3 is 0 Å². The lowest BCUT2D eigenvalue weighted by Gasteiger charge is -2.06. The molecule has 0 bridgehead atoms. The molecule has 3 nitrogen and oxygen atoms in total. The Morgan fingerprint density at radius 1 is 1.46 bits per heavy atom. The molecule has 0 aliphatic heterocycles. The maximum absolute atomic E-state index is 10.2. The van der Waals surface area contributed by atoms with Crippen molar-refractivity contribution >= 4 is 11.6 Å². The quantitative estimate of drug-likeness (QED) is 0.555. The van der Waals surface area contributed by atoms with Crippen molar-refractivity contribution in [3.63, 3.8) is 0 Å². The molecule has 1 aromatic carbocycles. The standard InChI is InChI=1S/C9H10ClNO2/c1-7(6-11(12)13)8-2-4-9(10)5-3-8/h2-5,7H,6H2,1H3/t7-/m1/s1. The minimum Gasteiger partial charge on any atom is -0.265 e. The summed E-state index contributed by atoms with van der Waals surface area (Å²) >= 11 is 5.69. The molecular formula is C9H10ClNO2. The zero-order valence-electron chi connectivity index (χ0n) is 7.24. The Hall–Kier alpha value is -1.09. The molecular weight excluding hydrogens is 190 g/mol. The number of nitrogens with zero attached hydrogens (tertiary/aromatic N) is 1. The predicted molar refractivity (Wildman–Crippen MR) is 51.7 cm³/mol. The molecule has 0 amide bonds. The molecule has 1 rings (SSSR count). The van der Waals surface area contributed by atoms with Crippen molar-refractivity contribution < 1.29 is 4.92 Å². The molecule has 13 heavy (non-hydrogen) atoms. The van der Waals surface area contributed by atoms with Gasteiger partial charge in [-0.3, -0.25) is 10.1 Å². The van der Waals surface area contributed by atoms with Gasteiger partial charge in [-0.1, -0.05) is 30.7 Å². The molecule has 0 unspecified atom stereocenters. The normalized spacial score (nSPS) is 12.5. The van der Waals surface area contributed by atoms with Gasteiger partial charge in [0, 0.05) is 15.9 Å². The Bertz CT molecular complexity index is 297. The lowest BCUT2D eigenvalue weighted by molar-refractivity contribution is -0.482. The third-order valence-electron chi connectivity index (χ3n) is 1.86. The third kappa shape index (κ3) is 3.03. The highest BCUT2D eigenvalue weighted by Crippen LogP contribution is 2.17. The Kier molecular flexibility index (Phi) is 3.25. The molecule has 0 spiro atoms. The average Bonchev–Trinajstić information content (AvgIpc) is 2.04. The first-order valence-corrected chi connectivity index (χ1v) is 4.34. The van der Waals surface area contributed by atoms with Gasteiger partial charge in [0.25, 0.3) is 0 Å². The van der Waals surface area contributed by atoms with Gasteiger partial charge in [0.05, 0.1) is 0 Å². The van der Waals surface area contributed by atoms with E-state index in [-0.39, 0.29) is 17.4 Å². The van der Waals surface area contributed by atoms with E-state index in [0.717, 1.165) is 5.56 Å². The van der Waals surface area contributed by atoms with Gasteiger partial charge in [0.1, 0.15) is 0 Å². The minimum atomic E-state index is -0.306. The number of hydrogen-bond acceptors (Lipinski definition) is 2. The van der Waals surface area contributed by atoms with Crippen LogP contribution in [-0.4, -0.2) is 11.5 Å². The Morgan fingerprint density at radius 2 is 2.00 bits per heavy atom. The third-order valence-corrected chi connectivity index (χ3v) is 2.11. The van der Waals surface area contributed by atoms with Crippen LogP contribution in [0.5, 0.6) is 0 Å². The summed E-state index contributed by atoms with van der Waals surface area (Å²) in [6.45, 7) is 1.79. The van der Waals surface area contributed by atoms with E-state index < -0.39 is 0 Å². The van der Waals surface area contributed by atoms with E-state index in [9.17, 15) is 10.1 Å². The van der Waals surface area contributed by atoms with Crippen LogP contribution < -0.4 is 0 Å². The van der Waals surface area contributed by atoms with Gasteiger partial charge in [-0.05, 0) is 17.7 Å². The second kappa shape index (κ2) is 4.23. The van der Waals surface area contributed by atoms with E-state index >= 15 is 0 Å². The highest BCUT2D eigenvalue weighted by molar-refractivity contribution is 6.30. The summed E-state index contributed by atoms with van der Waals surface area (Å²) in [5.74, 6) is -0.0627. The average molecular weight is 200 g/mol. The second-order valence-electron chi connectivity index (χ2n) is 2.97. The van der Waals surface area contributed by atoms with Gasteiger partial charge < -0.3 is 0 Å². The largest absolute Gasteiger partial charge is 0.265 e. The zero-order chi connectivity index (χ0) is 9.84. The van der Waals surface area contributed by atoms with Crippen molar-refractivity contribution in [3.05, 3.63) is 45.0 Å². The summed E-state index contributed by atoms with van der Waals surface area (Å²) in [5.41, 5.74) is 0.945. The predicted octanol–water partition coefficient (Wildman–Crippen LogP) is 2.72. The first-order valence-electron chi connectivity index (χ1n) is 3.97. The summed E-state index contributed by atoms with van der Waals surface area (Å²) in [4.78, 5) is 9.92. The number of halogens is 1. The van der Waals surface area contributed by atoms with Crippen LogP contribution in [0.2, 0.25) is 5.02 Å². The van der Waals surface area contributed by atoms with Crippen LogP contribution >= 0.6 is 11.6 Å². The molecule has 0 N–H and O–H groups in total. The number of nitro groups is 1. The molecule has 0 saturated heterocycles. The highest BCUT2D eigenvalue weighted by atomic mass is 35.5. The first kappa shape index (κ1) is 9.99. The van der Waals surface area contributed by atoms with E-state index in [1.807, 2.05) is 19.1 Å². The van der Waals surface area contributed by atoms with Gasteiger partial charge in [-0.25, -0.2) is 0 Å². The van der Waals surface area contributed by atoms with Gasteiger partial charge in [-0.2, -0.15) is 0 Å². The minimum absolute atomic E-state index is 0.0400. The first-order chi connectivity index (χ1) is 6.09. The number of rotatable bonds is 3. The van der Waals surface area contributed by atoms with Gasteiger partial charge in [0.15, 0.2) is 0 Å². The lowest BCUT2D eigenvalue weighted by atomic mass is 10.0. The maximum atomic E-state index is 10.2. The topological polar surface area (TPSA) is 43.1 Å². The summed E-state index contributed by atoms with van der Waals surface area (Å²) in [7, 11) is 0. The van der Waals surface area contributed by atoms with Crippen LogP contribution in [0.3, 0.4) is 0 Å². The van der Waals surface area contributed by atoms with E-state index in [2.05, 4.69) is 0 Å². The molecule has 1 atom stereocenters. The van der Waals surface area contributed by atoms with Crippen molar-refractivity contribution in [2.75, 3.05) is 6.54 Å². The Labute approximate surface area is 81.5 Å². The maximum Gasteiger partial charge on any atom is 0.210 e. The second-order valence-corrected chi connectivity index (χ2v) is 3.40. The summed E-state index contributed by atoms with van der Waals surface area (Å²) < 4.78 is 0. The molecule has 0 aliphatic rings. The molecule has 0 radical (unpaired) electrons. The smallest absolute Gasteiger partial charge is 0.210 e. The van der Waals surface area contributed by atoms with Crippen molar-refractivity contribution in [1.29, 1.82) is 0 Å². The number of benzene rings is 1. The molecule has 1 aromatic rings. The van der Waals surface area contributed by atoms with Crippen LogP contribution in [-0.2, 0) is 0 Å². The Morgan fingerprint density at radius 3 is 2.46 bits per heavy atom. The van der Waals surface area contributed by atoms with E-state index in [1.54, 1.807) is 12.1 Å². The fraction of sp³-hybridized carbons (Fsp3) is 0.333. The van der Waals surface area contributed by atoms with Crippen molar-refractivity contribution in [1.82, 2.24) is 0 Å². The molecule has 0 fully saturated rings. The Balaban J connectivity index is 2.71. The molecule has 0 aliphatic carbocycles. The van der Waals surface area contributed by atoms with E-state index in [1.165, 1.54) is 0 Å². The van der Waals surface area contributed by atoms with Crippen LogP contribution in [0.25, 0.3) is 0 Å². The lowest BCUT2D eigenvalue weighted by Crippen LogP contribution is -2.09. The molecule has 0 heterocycles. The van der Waals surface area contributed by atoms with E-state index in [0.29, 0.717) is 5.02 Å². The monoisotopic (exact) mass is 199 g/mol. The summed E-state index contributed by atoms with van der Waals surface area (Å²) in [6, 6.07) is 7.12. The molecule has 0 saturated carbocycles. The SMILES string of the molecule is C[C@H](C[N+](=O)[O-])c1ccc(Cl)cc1. The van der Waals surface area contributed by atoms with Crippen molar-refractivity contribution in [2.45, 2.75) is 12.8 Å². The molecule has 70 valence electrons. The van der Waals surface area contributed by atoms with Crippen molar-refractivity contribution in [3.8, 4) is 0 Å².